The van der Waals surface area contributed by atoms with Gasteiger partial charge < -0.3 is 15.5 Å². The largest absolute Gasteiger partial charge is 0.372 e. The first-order valence-electron chi connectivity index (χ1n) is 6.81. The summed E-state index contributed by atoms with van der Waals surface area (Å²) >= 11 is 3.52. The molecule has 0 aromatic carbocycles. The number of halogens is 1. The minimum atomic E-state index is 0.816. The van der Waals surface area contributed by atoms with E-state index < -0.39 is 0 Å². The quantitative estimate of drug-likeness (QED) is 0.869. The van der Waals surface area contributed by atoms with Crippen molar-refractivity contribution in [2.24, 2.45) is 5.92 Å². The van der Waals surface area contributed by atoms with Crippen LogP contribution in [0.2, 0.25) is 0 Å². The Kier molecular flexibility index (Phi) is 5.39. The van der Waals surface area contributed by atoms with Gasteiger partial charge in [0.1, 0.15) is 22.4 Å². The van der Waals surface area contributed by atoms with Crippen LogP contribution in [0.5, 0.6) is 0 Å². The van der Waals surface area contributed by atoms with Gasteiger partial charge in [0.25, 0.3) is 0 Å². The Morgan fingerprint density at radius 1 is 1.32 bits per heavy atom. The number of hydrogen-bond acceptors (Lipinski definition) is 5. The number of piperidine rings is 1. The van der Waals surface area contributed by atoms with Gasteiger partial charge in [-0.05, 0) is 61.2 Å². The lowest BCUT2D eigenvalue weighted by Gasteiger charge is -2.28. The topological polar surface area (TPSA) is 53.1 Å². The van der Waals surface area contributed by atoms with Gasteiger partial charge in [0, 0.05) is 13.6 Å². The van der Waals surface area contributed by atoms with Gasteiger partial charge in [0.2, 0.25) is 0 Å². The van der Waals surface area contributed by atoms with E-state index in [4.69, 9.17) is 0 Å². The average Bonchev–Trinajstić information content (AvgIpc) is 2.43. The summed E-state index contributed by atoms with van der Waals surface area (Å²) in [7, 11) is 4.06. The van der Waals surface area contributed by atoms with Gasteiger partial charge in [-0.25, -0.2) is 9.97 Å². The molecule has 0 unspecified atom stereocenters. The van der Waals surface area contributed by atoms with Crippen LogP contribution in [0, 0.1) is 5.92 Å². The van der Waals surface area contributed by atoms with Gasteiger partial charge in [-0.1, -0.05) is 0 Å². The van der Waals surface area contributed by atoms with Crippen molar-refractivity contribution in [2.45, 2.75) is 19.3 Å². The van der Waals surface area contributed by atoms with E-state index in [-0.39, 0.29) is 0 Å². The van der Waals surface area contributed by atoms with Gasteiger partial charge in [-0.3, -0.25) is 0 Å². The highest BCUT2D eigenvalue weighted by Crippen LogP contribution is 2.26. The van der Waals surface area contributed by atoms with Gasteiger partial charge in [-0.2, -0.15) is 0 Å². The summed E-state index contributed by atoms with van der Waals surface area (Å²) in [5, 5.41) is 6.43. The molecule has 1 saturated heterocycles. The molecule has 1 aliphatic heterocycles. The molecule has 0 bridgehead atoms. The molecule has 0 saturated carbocycles. The van der Waals surface area contributed by atoms with Crippen LogP contribution in [0.25, 0.3) is 0 Å². The van der Waals surface area contributed by atoms with Crippen molar-refractivity contribution in [3.63, 3.8) is 0 Å². The zero-order chi connectivity index (χ0) is 13.7. The lowest BCUT2D eigenvalue weighted by molar-refractivity contribution is 0.215. The molecular formula is C13H22BrN5. The molecule has 1 fully saturated rings. The minimum absolute atomic E-state index is 0.816. The number of nitrogens with zero attached hydrogens (tertiary/aromatic N) is 3. The lowest BCUT2D eigenvalue weighted by atomic mass is 9.94. The van der Waals surface area contributed by atoms with E-state index in [1.807, 2.05) is 7.05 Å². The maximum absolute atomic E-state index is 4.26. The predicted octanol–water partition coefficient (Wildman–Crippen LogP) is 2.42. The van der Waals surface area contributed by atoms with E-state index in [2.05, 4.69) is 48.5 Å². The molecule has 0 spiro atoms. The Balaban J connectivity index is 1.79. The molecule has 2 rings (SSSR count). The molecule has 1 aliphatic rings. The van der Waals surface area contributed by atoms with Crippen molar-refractivity contribution in [3.8, 4) is 0 Å². The Bertz CT molecular complexity index is 404. The molecule has 1 aromatic rings. The Morgan fingerprint density at radius 3 is 2.68 bits per heavy atom. The molecule has 2 N–H and O–H groups in total. The van der Waals surface area contributed by atoms with E-state index in [0.717, 1.165) is 28.6 Å². The van der Waals surface area contributed by atoms with E-state index >= 15 is 0 Å². The average molecular weight is 328 g/mol. The second kappa shape index (κ2) is 7.05. The highest BCUT2D eigenvalue weighted by atomic mass is 79.9. The van der Waals surface area contributed by atoms with E-state index in [1.165, 1.54) is 32.4 Å². The Morgan fingerprint density at radius 2 is 2.00 bits per heavy atom. The summed E-state index contributed by atoms with van der Waals surface area (Å²) in [4.78, 5) is 10.8. The summed E-state index contributed by atoms with van der Waals surface area (Å²) in [6.45, 7) is 3.42. The highest BCUT2D eigenvalue weighted by Gasteiger charge is 2.16. The van der Waals surface area contributed by atoms with Gasteiger partial charge in [0.05, 0.1) is 0 Å². The van der Waals surface area contributed by atoms with Crippen LogP contribution in [-0.4, -0.2) is 48.6 Å². The zero-order valence-electron chi connectivity index (χ0n) is 11.6. The summed E-state index contributed by atoms with van der Waals surface area (Å²) in [6.07, 6.45) is 5.41. The van der Waals surface area contributed by atoms with Crippen molar-refractivity contribution in [1.82, 2.24) is 14.9 Å². The predicted molar refractivity (Wildman–Crippen MR) is 82.6 cm³/mol. The van der Waals surface area contributed by atoms with Crippen LogP contribution in [0.1, 0.15) is 19.3 Å². The van der Waals surface area contributed by atoms with Crippen LogP contribution < -0.4 is 10.6 Å². The number of anilines is 2. The van der Waals surface area contributed by atoms with E-state index in [0.29, 0.717) is 0 Å². The minimum Gasteiger partial charge on any atom is -0.372 e. The van der Waals surface area contributed by atoms with Crippen molar-refractivity contribution in [2.75, 3.05) is 44.4 Å². The first kappa shape index (κ1) is 14.5. The summed E-state index contributed by atoms with van der Waals surface area (Å²) in [6, 6.07) is 0. The maximum atomic E-state index is 4.26. The molecule has 6 heteroatoms. The third-order valence-corrected chi connectivity index (χ3v) is 4.46. The first-order chi connectivity index (χ1) is 9.20. The monoisotopic (exact) mass is 327 g/mol. The normalized spacial score (nSPS) is 17.4. The van der Waals surface area contributed by atoms with Gasteiger partial charge in [-0.15, -0.1) is 0 Å². The van der Waals surface area contributed by atoms with Crippen LogP contribution in [0.3, 0.4) is 0 Å². The standard InChI is InChI=1S/C13H22BrN5/c1-15-12-11(14)13(18-9-17-12)16-6-3-10-4-7-19(2)8-5-10/h9-10H,3-8H2,1-2H3,(H2,15,16,17,18). The van der Waals surface area contributed by atoms with Crippen LogP contribution in [0.15, 0.2) is 10.8 Å². The summed E-state index contributed by atoms with van der Waals surface area (Å²) in [5.74, 6) is 2.53. The summed E-state index contributed by atoms with van der Waals surface area (Å²) < 4.78 is 0.904. The Labute approximate surface area is 123 Å². The smallest absolute Gasteiger partial charge is 0.145 e. The number of likely N-dealkylation sites (tertiary alicyclic amines) is 1. The van der Waals surface area contributed by atoms with Crippen LogP contribution >= 0.6 is 15.9 Å². The fourth-order valence-corrected chi connectivity index (χ4v) is 2.96. The van der Waals surface area contributed by atoms with Crippen molar-refractivity contribution >= 4 is 27.6 Å². The highest BCUT2D eigenvalue weighted by molar-refractivity contribution is 9.10. The van der Waals surface area contributed by atoms with Gasteiger partial charge >= 0.3 is 0 Å². The third-order valence-electron chi connectivity index (χ3n) is 3.71. The van der Waals surface area contributed by atoms with Crippen LogP contribution in [0.4, 0.5) is 11.6 Å². The third kappa shape index (κ3) is 4.04. The first-order valence-corrected chi connectivity index (χ1v) is 7.60. The number of hydrogen-bond donors (Lipinski definition) is 2. The Hall–Kier alpha value is -0.880. The number of rotatable bonds is 5. The molecule has 5 nitrogen and oxygen atoms in total. The molecule has 0 aliphatic carbocycles. The fourth-order valence-electron chi connectivity index (χ4n) is 2.41. The van der Waals surface area contributed by atoms with Crippen molar-refractivity contribution < 1.29 is 0 Å². The maximum Gasteiger partial charge on any atom is 0.145 e. The van der Waals surface area contributed by atoms with Crippen molar-refractivity contribution in [1.29, 1.82) is 0 Å². The van der Waals surface area contributed by atoms with Crippen LogP contribution in [-0.2, 0) is 0 Å². The number of nitrogens with one attached hydrogen (secondary N) is 2. The molecule has 0 atom stereocenters. The molecule has 19 heavy (non-hydrogen) atoms. The SMILES string of the molecule is CNc1ncnc(NCCC2CCN(C)CC2)c1Br. The molecular weight excluding hydrogens is 306 g/mol. The van der Waals surface area contributed by atoms with E-state index in [1.54, 1.807) is 6.33 Å². The van der Waals surface area contributed by atoms with Gasteiger partial charge in [0.15, 0.2) is 0 Å². The fraction of sp³-hybridized carbons (Fsp3) is 0.692. The van der Waals surface area contributed by atoms with E-state index in [9.17, 15) is 0 Å². The summed E-state index contributed by atoms with van der Waals surface area (Å²) in [5.41, 5.74) is 0. The second-order valence-electron chi connectivity index (χ2n) is 5.10. The molecule has 106 valence electrons. The second-order valence-corrected chi connectivity index (χ2v) is 5.89. The number of aromatic nitrogens is 2. The zero-order valence-corrected chi connectivity index (χ0v) is 13.2. The molecule has 1 aromatic heterocycles. The molecule has 0 amide bonds. The lowest BCUT2D eigenvalue weighted by Crippen LogP contribution is -2.30. The molecule has 2 heterocycles. The van der Waals surface area contributed by atoms with Crippen molar-refractivity contribution in [3.05, 3.63) is 10.8 Å². The molecule has 0 radical (unpaired) electrons.